The highest BCUT2D eigenvalue weighted by Crippen LogP contribution is 2.34. The van der Waals surface area contributed by atoms with Crippen LogP contribution < -0.4 is 0 Å². The molecular formula is C8H13NO. The van der Waals surface area contributed by atoms with Gasteiger partial charge in [-0.25, -0.2) is 0 Å². The van der Waals surface area contributed by atoms with Crippen LogP contribution in [0.25, 0.3) is 0 Å². The maximum atomic E-state index is 8.82. The normalized spacial score (nSPS) is 24.5. The van der Waals surface area contributed by atoms with E-state index in [1.165, 1.54) is 0 Å². The summed E-state index contributed by atoms with van der Waals surface area (Å²) < 4.78 is 5.03. The summed E-state index contributed by atoms with van der Waals surface area (Å²) in [5.74, 6) is 0.475. The Hall–Kier alpha value is -0.550. The molecule has 1 saturated heterocycles. The highest BCUT2D eigenvalue weighted by Gasteiger charge is 2.37. The molecule has 0 aliphatic carbocycles. The second-order valence-corrected chi connectivity index (χ2v) is 3.12. The average molecular weight is 139 g/mol. The standard InChI is InChI=1S/C8H13NO/c1-3-8(2,6-9)7-4-10-5-7/h7H,3-5H2,1-2H3. The van der Waals surface area contributed by atoms with Crippen LogP contribution in [0.5, 0.6) is 0 Å². The predicted octanol–water partition coefficient (Wildman–Crippen LogP) is 1.57. The van der Waals surface area contributed by atoms with Gasteiger partial charge in [0.2, 0.25) is 0 Å². The minimum Gasteiger partial charge on any atom is -0.381 e. The van der Waals surface area contributed by atoms with Crippen LogP contribution in [0.1, 0.15) is 20.3 Å². The minimum absolute atomic E-state index is 0.141. The number of ether oxygens (including phenoxy) is 1. The van der Waals surface area contributed by atoms with Gasteiger partial charge < -0.3 is 4.74 Å². The van der Waals surface area contributed by atoms with E-state index in [9.17, 15) is 0 Å². The Morgan fingerprint density at radius 2 is 2.30 bits per heavy atom. The molecule has 1 aliphatic rings. The Balaban J connectivity index is 2.55. The smallest absolute Gasteiger partial charge is 0.0691 e. The Labute approximate surface area is 61.8 Å². The molecule has 1 fully saturated rings. The summed E-state index contributed by atoms with van der Waals surface area (Å²) in [5.41, 5.74) is -0.141. The molecule has 0 amide bonds. The third-order valence-electron chi connectivity index (χ3n) is 2.53. The van der Waals surface area contributed by atoms with Crippen LogP contribution in [0.3, 0.4) is 0 Å². The highest BCUT2D eigenvalue weighted by atomic mass is 16.5. The lowest BCUT2D eigenvalue weighted by molar-refractivity contribution is -0.0771. The van der Waals surface area contributed by atoms with Gasteiger partial charge in [0.25, 0.3) is 0 Å². The molecular weight excluding hydrogens is 126 g/mol. The van der Waals surface area contributed by atoms with Crippen molar-refractivity contribution in [3.05, 3.63) is 0 Å². The van der Waals surface area contributed by atoms with Crippen LogP contribution in [0.4, 0.5) is 0 Å². The zero-order chi connectivity index (χ0) is 7.61. The van der Waals surface area contributed by atoms with Crippen molar-refractivity contribution in [3.63, 3.8) is 0 Å². The van der Waals surface area contributed by atoms with Gasteiger partial charge in [-0.3, -0.25) is 0 Å². The minimum atomic E-state index is -0.141. The fourth-order valence-electron chi connectivity index (χ4n) is 1.06. The lowest BCUT2D eigenvalue weighted by Gasteiger charge is -2.36. The Morgan fingerprint density at radius 1 is 1.70 bits per heavy atom. The topological polar surface area (TPSA) is 33.0 Å². The van der Waals surface area contributed by atoms with E-state index in [0.717, 1.165) is 19.6 Å². The molecule has 2 nitrogen and oxygen atoms in total. The fourth-order valence-corrected chi connectivity index (χ4v) is 1.06. The van der Waals surface area contributed by atoms with Gasteiger partial charge in [0.05, 0.1) is 24.7 Å². The lowest BCUT2D eigenvalue weighted by Crippen LogP contribution is -2.40. The first-order valence-electron chi connectivity index (χ1n) is 3.72. The first-order valence-corrected chi connectivity index (χ1v) is 3.72. The number of hydrogen-bond acceptors (Lipinski definition) is 2. The van der Waals surface area contributed by atoms with Crippen molar-refractivity contribution < 1.29 is 4.74 Å². The Morgan fingerprint density at radius 3 is 2.40 bits per heavy atom. The molecule has 1 heterocycles. The monoisotopic (exact) mass is 139 g/mol. The van der Waals surface area contributed by atoms with E-state index in [0.29, 0.717) is 5.92 Å². The van der Waals surface area contributed by atoms with Gasteiger partial charge in [-0.05, 0) is 13.3 Å². The van der Waals surface area contributed by atoms with Crippen LogP contribution in [0.2, 0.25) is 0 Å². The molecule has 2 heteroatoms. The molecule has 56 valence electrons. The summed E-state index contributed by atoms with van der Waals surface area (Å²) in [4.78, 5) is 0. The van der Waals surface area contributed by atoms with Crippen molar-refractivity contribution in [1.82, 2.24) is 0 Å². The summed E-state index contributed by atoms with van der Waals surface area (Å²) in [6.45, 7) is 5.62. The van der Waals surface area contributed by atoms with E-state index in [4.69, 9.17) is 10.00 Å². The number of hydrogen-bond donors (Lipinski definition) is 0. The lowest BCUT2D eigenvalue weighted by atomic mass is 9.75. The van der Waals surface area contributed by atoms with E-state index in [-0.39, 0.29) is 5.41 Å². The van der Waals surface area contributed by atoms with Crippen LogP contribution >= 0.6 is 0 Å². The van der Waals surface area contributed by atoms with Gasteiger partial charge >= 0.3 is 0 Å². The summed E-state index contributed by atoms with van der Waals surface area (Å²) in [6, 6.07) is 2.35. The number of nitrogens with zero attached hydrogens (tertiary/aromatic N) is 1. The van der Waals surface area contributed by atoms with Crippen molar-refractivity contribution in [2.75, 3.05) is 13.2 Å². The molecule has 1 aliphatic heterocycles. The van der Waals surface area contributed by atoms with Gasteiger partial charge in [0.1, 0.15) is 0 Å². The molecule has 0 saturated carbocycles. The molecule has 0 aromatic carbocycles. The van der Waals surface area contributed by atoms with Crippen LogP contribution in [-0.2, 0) is 4.74 Å². The molecule has 1 unspecified atom stereocenters. The van der Waals surface area contributed by atoms with Crippen LogP contribution in [0.15, 0.2) is 0 Å². The SMILES string of the molecule is CCC(C)(C#N)C1COC1. The quantitative estimate of drug-likeness (QED) is 0.581. The molecule has 0 radical (unpaired) electrons. The van der Waals surface area contributed by atoms with Crippen molar-refractivity contribution in [1.29, 1.82) is 5.26 Å². The Kier molecular flexibility index (Phi) is 1.96. The van der Waals surface area contributed by atoms with Gasteiger partial charge in [-0.15, -0.1) is 0 Å². The first-order chi connectivity index (χ1) is 4.73. The zero-order valence-electron chi connectivity index (χ0n) is 6.55. The van der Waals surface area contributed by atoms with E-state index in [2.05, 4.69) is 13.0 Å². The molecule has 0 N–H and O–H groups in total. The summed E-state index contributed by atoms with van der Waals surface area (Å²) in [5, 5.41) is 8.82. The summed E-state index contributed by atoms with van der Waals surface area (Å²) in [7, 11) is 0. The molecule has 1 rings (SSSR count). The molecule has 10 heavy (non-hydrogen) atoms. The summed E-state index contributed by atoms with van der Waals surface area (Å²) >= 11 is 0. The zero-order valence-corrected chi connectivity index (χ0v) is 6.55. The van der Waals surface area contributed by atoms with Crippen molar-refractivity contribution in [3.8, 4) is 6.07 Å². The van der Waals surface area contributed by atoms with E-state index in [1.54, 1.807) is 0 Å². The molecule has 0 bridgehead atoms. The maximum absolute atomic E-state index is 8.82. The number of nitriles is 1. The molecule has 0 aromatic heterocycles. The second kappa shape index (κ2) is 2.59. The third kappa shape index (κ3) is 1.02. The van der Waals surface area contributed by atoms with Gasteiger partial charge in [-0.2, -0.15) is 5.26 Å². The maximum Gasteiger partial charge on any atom is 0.0691 e. The predicted molar refractivity (Wildman–Crippen MR) is 38.3 cm³/mol. The van der Waals surface area contributed by atoms with Gasteiger partial charge in [-0.1, -0.05) is 6.92 Å². The van der Waals surface area contributed by atoms with E-state index in [1.807, 2.05) is 6.92 Å². The Bertz CT molecular complexity index is 157. The summed E-state index contributed by atoms with van der Waals surface area (Å²) in [6.07, 6.45) is 0.928. The van der Waals surface area contributed by atoms with Crippen LogP contribution in [0, 0.1) is 22.7 Å². The average Bonchev–Trinajstić information content (AvgIpc) is 1.84. The molecule has 0 aromatic rings. The van der Waals surface area contributed by atoms with Crippen LogP contribution in [-0.4, -0.2) is 13.2 Å². The van der Waals surface area contributed by atoms with E-state index >= 15 is 0 Å². The molecule has 0 spiro atoms. The van der Waals surface area contributed by atoms with Crippen molar-refractivity contribution >= 4 is 0 Å². The third-order valence-corrected chi connectivity index (χ3v) is 2.53. The van der Waals surface area contributed by atoms with E-state index < -0.39 is 0 Å². The first kappa shape index (κ1) is 7.56. The highest BCUT2D eigenvalue weighted by molar-refractivity contribution is 5.01. The molecule has 1 atom stereocenters. The largest absolute Gasteiger partial charge is 0.381 e. The van der Waals surface area contributed by atoms with Gasteiger partial charge in [0.15, 0.2) is 0 Å². The van der Waals surface area contributed by atoms with Gasteiger partial charge in [0, 0.05) is 5.92 Å². The second-order valence-electron chi connectivity index (χ2n) is 3.12. The van der Waals surface area contributed by atoms with Crippen molar-refractivity contribution in [2.45, 2.75) is 20.3 Å². The fraction of sp³-hybridized carbons (Fsp3) is 0.875. The van der Waals surface area contributed by atoms with Crippen molar-refractivity contribution in [2.24, 2.45) is 11.3 Å². The number of rotatable bonds is 2.